The van der Waals surface area contributed by atoms with Crippen LogP contribution in [-0.2, 0) is 4.74 Å². The molecule has 0 N–H and O–H groups in total. The molecule has 2 atom stereocenters. The number of ether oxygens (including phenoxy) is 1. The van der Waals surface area contributed by atoms with Gasteiger partial charge in [0.2, 0.25) is 0 Å². The van der Waals surface area contributed by atoms with Crippen LogP contribution in [0.1, 0.15) is 19.8 Å². The van der Waals surface area contributed by atoms with Gasteiger partial charge in [0.05, 0.1) is 0 Å². The molecule has 0 aromatic heterocycles. The molecule has 2 aliphatic rings. The summed E-state index contributed by atoms with van der Waals surface area (Å²) in [4.78, 5) is 0. The fourth-order valence-electron chi connectivity index (χ4n) is 1.86. The fourth-order valence-corrected chi connectivity index (χ4v) is 1.99. The zero-order valence-corrected chi connectivity index (χ0v) is 7.97. The van der Waals surface area contributed by atoms with Gasteiger partial charge in [-0.05, 0) is 31.4 Å². The average molecular weight is 185 g/mol. The molecule has 0 spiro atoms. The van der Waals surface area contributed by atoms with E-state index >= 15 is 0 Å². The predicted octanol–water partition coefficient (Wildman–Crippen LogP) is 2.66. The molecule has 2 unspecified atom stereocenters. The number of hydrogen-bond donors (Lipinski definition) is 0. The van der Waals surface area contributed by atoms with E-state index in [1.165, 1.54) is 5.57 Å². The molecule has 0 bridgehead atoms. The van der Waals surface area contributed by atoms with E-state index in [4.69, 9.17) is 16.3 Å². The number of hydrogen-bond acceptors (Lipinski definition) is 1. The van der Waals surface area contributed by atoms with Crippen LogP contribution in [0.2, 0.25) is 0 Å². The summed E-state index contributed by atoms with van der Waals surface area (Å²) in [5, 5.41) is 0. The second-order valence-corrected chi connectivity index (χ2v) is 3.89. The molecule has 1 aliphatic heterocycles. The van der Waals surface area contributed by atoms with Crippen molar-refractivity contribution in [2.24, 2.45) is 0 Å². The van der Waals surface area contributed by atoms with E-state index in [1.54, 1.807) is 0 Å². The minimum Gasteiger partial charge on any atom is -0.357 e. The van der Waals surface area contributed by atoms with Crippen molar-refractivity contribution in [3.63, 3.8) is 0 Å². The Morgan fingerprint density at radius 2 is 2.50 bits per heavy atom. The molecule has 1 heterocycles. The molecule has 0 aromatic carbocycles. The van der Waals surface area contributed by atoms with Gasteiger partial charge in [0, 0.05) is 5.88 Å². The maximum atomic E-state index is 5.67. The predicted molar refractivity (Wildman–Crippen MR) is 50.5 cm³/mol. The topological polar surface area (TPSA) is 12.5 Å². The van der Waals surface area contributed by atoms with Crippen molar-refractivity contribution in [1.82, 2.24) is 0 Å². The lowest BCUT2D eigenvalue weighted by Gasteiger charge is -2.09. The van der Waals surface area contributed by atoms with Crippen LogP contribution in [-0.4, -0.2) is 17.6 Å². The van der Waals surface area contributed by atoms with Gasteiger partial charge in [-0.1, -0.05) is 12.2 Å². The summed E-state index contributed by atoms with van der Waals surface area (Å²) in [6.07, 6.45) is 8.82. The van der Waals surface area contributed by atoms with Crippen LogP contribution in [0, 0.1) is 0 Å². The fraction of sp³-hybridized carbons (Fsp3) is 0.600. The molecule has 0 aromatic rings. The standard InChI is InChI=1S/C10H13ClO/c1-8-4-2-5-10(6-3-7-11)9(8)12-10/h2,4-5,9H,3,6-7H2,1H3. The molecule has 2 rings (SSSR count). The Kier molecular flexibility index (Phi) is 2.01. The van der Waals surface area contributed by atoms with Gasteiger partial charge in [-0.3, -0.25) is 0 Å². The Morgan fingerprint density at radius 1 is 1.67 bits per heavy atom. The van der Waals surface area contributed by atoms with E-state index in [2.05, 4.69) is 25.2 Å². The summed E-state index contributed by atoms with van der Waals surface area (Å²) in [7, 11) is 0. The van der Waals surface area contributed by atoms with Gasteiger partial charge in [-0.15, -0.1) is 11.6 Å². The third-order valence-corrected chi connectivity index (χ3v) is 2.84. The first-order chi connectivity index (χ1) is 5.78. The van der Waals surface area contributed by atoms with Gasteiger partial charge in [0.1, 0.15) is 11.7 Å². The van der Waals surface area contributed by atoms with Crippen molar-refractivity contribution in [2.45, 2.75) is 31.5 Å². The lowest BCUT2D eigenvalue weighted by atomic mass is 9.91. The van der Waals surface area contributed by atoms with E-state index in [0.29, 0.717) is 6.10 Å². The molecule has 2 heteroatoms. The second-order valence-electron chi connectivity index (χ2n) is 3.52. The number of rotatable bonds is 3. The van der Waals surface area contributed by atoms with Crippen molar-refractivity contribution >= 4 is 11.6 Å². The smallest absolute Gasteiger partial charge is 0.117 e. The highest BCUT2D eigenvalue weighted by atomic mass is 35.5. The second kappa shape index (κ2) is 2.90. The van der Waals surface area contributed by atoms with Gasteiger partial charge >= 0.3 is 0 Å². The lowest BCUT2D eigenvalue weighted by Crippen LogP contribution is -2.14. The van der Waals surface area contributed by atoms with Crippen LogP contribution >= 0.6 is 11.6 Å². The van der Waals surface area contributed by atoms with E-state index in [0.717, 1.165) is 18.7 Å². The zero-order chi connectivity index (χ0) is 8.60. The normalized spacial score (nSPS) is 37.5. The first kappa shape index (κ1) is 8.33. The van der Waals surface area contributed by atoms with Crippen LogP contribution in [0.4, 0.5) is 0 Å². The number of halogens is 1. The quantitative estimate of drug-likeness (QED) is 0.485. The van der Waals surface area contributed by atoms with E-state index in [9.17, 15) is 0 Å². The van der Waals surface area contributed by atoms with E-state index < -0.39 is 0 Å². The maximum absolute atomic E-state index is 5.67. The molecule has 66 valence electrons. The summed E-state index contributed by atoms with van der Waals surface area (Å²) >= 11 is 5.64. The summed E-state index contributed by atoms with van der Waals surface area (Å²) in [6, 6.07) is 0. The van der Waals surface area contributed by atoms with Crippen molar-refractivity contribution in [2.75, 3.05) is 5.88 Å². The SMILES string of the molecule is CC1=CC=CC2(CCCCl)OC12. The summed E-state index contributed by atoms with van der Waals surface area (Å²) in [5.41, 5.74) is 1.38. The molecule has 1 saturated heterocycles. The van der Waals surface area contributed by atoms with E-state index in [1.807, 2.05) is 0 Å². The largest absolute Gasteiger partial charge is 0.357 e. The first-order valence-electron chi connectivity index (χ1n) is 4.38. The van der Waals surface area contributed by atoms with Crippen LogP contribution in [0.3, 0.4) is 0 Å². The van der Waals surface area contributed by atoms with Crippen LogP contribution in [0.15, 0.2) is 23.8 Å². The molecular formula is C10H13ClO. The molecule has 1 aliphatic carbocycles. The molecule has 0 radical (unpaired) electrons. The van der Waals surface area contributed by atoms with Crippen LogP contribution in [0.25, 0.3) is 0 Å². The van der Waals surface area contributed by atoms with Gasteiger partial charge < -0.3 is 4.74 Å². The van der Waals surface area contributed by atoms with Gasteiger partial charge in [-0.2, -0.15) is 0 Å². The molecular weight excluding hydrogens is 172 g/mol. The molecule has 0 amide bonds. The minimum atomic E-state index is 0.0354. The molecule has 1 fully saturated rings. The molecule has 0 saturated carbocycles. The van der Waals surface area contributed by atoms with Crippen molar-refractivity contribution in [3.05, 3.63) is 23.8 Å². The van der Waals surface area contributed by atoms with Crippen LogP contribution in [0.5, 0.6) is 0 Å². The zero-order valence-electron chi connectivity index (χ0n) is 7.22. The lowest BCUT2D eigenvalue weighted by molar-refractivity contribution is 0.325. The summed E-state index contributed by atoms with van der Waals surface area (Å²) in [6.45, 7) is 2.12. The molecule has 12 heavy (non-hydrogen) atoms. The monoisotopic (exact) mass is 184 g/mol. The Morgan fingerprint density at radius 3 is 3.25 bits per heavy atom. The Hall–Kier alpha value is -0.270. The third-order valence-electron chi connectivity index (χ3n) is 2.58. The number of allylic oxidation sites excluding steroid dienone is 2. The number of fused-ring (bicyclic) bond motifs is 1. The Balaban J connectivity index is 2.01. The number of epoxide rings is 1. The Bertz CT molecular complexity index is 244. The van der Waals surface area contributed by atoms with Crippen LogP contribution < -0.4 is 0 Å². The summed E-state index contributed by atoms with van der Waals surface area (Å²) < 4.78 is 5.67. The summed E-state index contributed by atoms with van der Waals surface area (Å²) in [5.74, 6) is 0.731. The highest BCUT2D eigenvalue weighted by molar-refractivity contribution is 6.17. The van der Waals surface area contributed by atoms with Crippen molar-refractivity contribution in [3.8, 4) is 0 Å². The third kappa shape index (κ3) is 1.21. The molecule has 1 nitrogen and oxygen atoms in total. The number of alkyl halides is 1. The minimum absolute atomic E-state index is 0.0354. The van der Waals surface area contributed by atoms with Crippen molar-refractivity contribution in [1.29, 1.82) is 0 Å². The van der Waals surface area contributed by atoms with Crippen molar-refractivity contribution < 1.29 is 4.74 Å². The maximum Gasteiger partial charge on any atom is 0.117 e. The highest BCUT2D eigenvalue weighted by Crippen LogP contribution is 2.47. The highest BCUT2D eigenvalue weighted by Gasteiger charge is 2.55. The Labute approximate surface area is 78.0 Å². The average Bonchev–Trinajstić information content (AvgIpc) is 2.78. The van der Waals surface area contributed by atoms with Gasteiger partial charge in [-0.25, -0.2) is 0 Å². The first-order valence-corrected chi connectivity index (χ1v) is 4.92. The van der Waals surface area contributed by atoms with Gasteiger partial charge in [0.25, 0.3) is 0 Å². The van der Waals surface area contributed by atoms with Gasteiger partial charge in [0.15, 0.2) is 0 Å². The van der Waals surface area contributed by atoms with E-state index in [-0.39, 0.29) is 5.60 Å².